The van der Waals surface area contributed by atoms with E-state index in [1.54, 1.807) is 6.20 Å². The summed E-state index contributed by atoms with van der Waals surface area (Å²) in [5, 5.41) is 8.63. The highest BCUT2D eigenvalue weighted by atomic mass is 15.2. The first-order valence-electron chi connectivity index (χ1n) is 5.24. The highest BCUT2D eigenvalue weighted by Crippen LogP contribution is 2.30. The zero-order valence-corrected chi connectivity index (χ0v) is 8.93. The molecule has 0 radical (unpaired) electrons. The zero-order chi connectivity index (χ0) is 11.4. The average molecular weight is 212 g/mol. The standard InChI is InChI=1S/C12H12N4/c1-2-5-16(9-10-3-4-10)12-8-14-11(6-13)7-15-12/h1,7-8,10H,3-5,9H2. The fourth-order valence-corrected chi connectivity index (χ4v) is 1.50. The number of terminal acetylenes is 1. The maximum Gasteiger partial charge on any atom is 0.158 e. The zero-order valence-electron chi connectivity index (χ0n) is 8.93. The van der Waals surface area contributed by atoms with Crippen LogP contribution in [-0.4, -0.2) is 23.1 Å². The molecule has 16 heavy (non-hydrogen) atoms. The first-order chi connectivity index (χ1) is 7.83. The number of hydrogen-bond acceptors (Lipinski definition) is 4. The van der Waals surface area contributed by atoms with Crippen molar-refractivity contribution in [3.63, 3.8) is 0 Å². The van der Waals surface area contributed by atoms with Crippen LogP contribution in [0.5, 0.6) is 0 Å². The summed E-state index contributed by atoms with van der Waals surface area (Å²) >= 11 is 0. The van der Waals surface area contributed by atoms with Gasteiger partial charge in [-0.2, -0.15) is 5.26 Å². The van der Waals surface area contributed by atoms with Gasteiger partial charge >= 0.3 is 0 Å². The van der Waals surface area contributed by atoms with Crippen molar-refractivity contribution in [1.82, 2.24) is 9.97 Å². The molecule has 1 aromatic heterocycles. The van der Waals surface area contributed by atoms with Crippen molar-refractivity contribution >= 4 is 5.82 Å². The maximum absolute atomic E-state index is 8.63. The summed E-state index contributed by atoms with van der Waals surface area (Å²) < 4.78 is 0. The van der Waals surface area contributed by atoms with Crippen molar-refractivity contribution in [2.24, 2.45) is 5.92 Å². The van der Waals surface area contributed by atoms with E-state index in [9.17, 15) is 0 Å². The Morgan fingerprint density at radius 3 is 2.75 bits per heavy atom. The smallest absolute Gasteiger partial charge is 0.158 e. The number of aromatic nitrogens is 2. The largest absolute Gasteiger partial charge is 0.344 e. The highest BCUT2D eigenvalue weighted by molar-refractivity contribution is 5.39. The van der Waals surface area contributed by atoms with Crippen LogP contribution in [0.3, 0.4) is 0 Å². The summed E-state index contributed by atoms with van der Waals surface area (Å²) in [7, 11) is 0. The Labute approximate surface area is 94.9 Å². The molecule has 80 valence electrons. The van der Waals surface area contributed by atoms with Crippen molar-refractivity contribution in [3.05, 3.63) is 18.1 Å². The third-order valence-corrected chi connectivity index (χ3v) is 2.53. The Morgan fingerprint density at radius 1 is 1.44 bits per heavy atom. The minimum absolute atomic E-state index is 0.329. The second-order valence-corrected chi connectivity index (χ2v) is 3.90. The van der Waals surface area contributed by atoms with Gasteiger partial charge in [0.1, 0.15) is 11.9 Å². The minimum Gasteiger partial charge on any atom is -0.344 e. The van der Waals surface area contributed by atoms with Crippen LogP contribution >= 0.6 is 0 Å². The van der Waals surface area contributed by atoms with Crippen molar-refractivity contribution in [1.29, 1.82) is 5.26 Å². The van der Waals surface area contributed by atoms with Crippen LogP contribution in [0.15, 0.2) is 12.4 Å². The molecule has 0 bridgehead atoms. The van der Waals surface area contributed by atoms with E-state index in [4.69, 9.17) is 11.7 Å². The summed E-state index contributed by atoms with van der Waals surface area (Å²) in [6.07, 6.45) is 11.0. The molecule has 4 heteroatoms. The number of nitrogens with zero attached hydrogens (tertiary/aromatic N) is 4. The minimum atomic E-state index is 0.329. The first kappa shape index (κ1) is 10.4. The topological polar surface area (TPSA) is 52.8 Å². The predicted molar refractivity (Wildman–Crippen MR) is 60.5 cm³/mol. The van der Waals surface area contributed by atoms with Crippen LogP contribution in [-0.2, 0) is 0 Å². The third kappa shape index (κ3) is 2.49. The second-order valence-electron chi connectivity index (χ2n) is 3.90. The molecule has 1 aromatic rings. The molecule has 0 aliphatic heterocycles. The van der Waals surface area contributed by atoms with Crippen LogP contribution < -0.4 is 4.90 Å². The Bertz CT molecular complexity index is 434. The van der Waals surface area contributed by atoms with Crippen molar-refractivity contribution < 1.29 is 0 Å². The summed E-state index contributed by atoms with van der Waals surface area (Å²) in [4.78, 5) is 10.2. The molecule has 0 amide bonds. The van der Waals surface area contributed by atoms with Crippen LogP contribution in [0.4, 0.5) is 5.82 Å². The summed E-state index contributed by atoms with van der Waals surface area (Å²) in [6, 6.07) is 1.95. The molecule has 1 saturated carbocycles. The lowest BCUT2D eigenvalue weighted by Crippen LogP contribution is -2.27. The van der Waals surface area contributed by atoms with E-state index in [0.29, 0.717) is 12.2 Å². The van der Waals surface area contributed by atoms with Gasteiger partial charge in [-0.3, -0.25) is 0 Å². The van der Waals surface area contributed by atoms with Gasteiger partial charge < -0.3 is 4.90 Å². The van der Waals surface area contributed by atoms with E-state index in [1.807, 2.05) is 11.0 Å². The van der Waals surface area contributed by atoms with Gasteiger partial charge in [-0.25, -0.2) is 9.97 Å². The maximum atomic E-state index is 8.63. The van der Waals surface area contributed by atoms with Crippen LogP contribution in [0.2, 0.25) is 0 Å². The molecular weight excluding hydrogens is 200 g/mol. The third-order valence-electron chi connectivity index (χ3n) is 2.53. The van der Waals surface area contributed by atoms with Crippen LogP contribution in [0, 0.1) is 29.6 Å². The molecule has 0 unspecified atom stereocenters. The molecule has 4 nitrogen and oxygen atoms in total. The monoisotopic (exact) mass is 212 g/mol. The molecule has 0 aromatic carbocycles. The molecular formula is C12H12N4. The Kier molecular flexibility index (Phi) is 3.03. The van der Waals surface area contributed by atoms with E-state index < -0.39 is 0 Å². The number of hydrogen-bond donors (Lipinski definition) is 0. The lowest BCUT2D eigenvalue weighted by atomic mass is 10.3. The first-order valence-corrected chi connectivity index (χ1v) is 5.24. The Balaban J connectivity index is 2.11. The fourth-order valence-electron chi connectivity index (χ4n) is 1.50. The predicted octanol–water partition coefficient (Wildman–Crippen LogP) is 1.20. The molecule has 0 N–H and O–H groups in total. The highest BCUT2D eigenvalue weighted by Gasteiger charge is 2.24. The van der Waals surface area contributed by atoms with Gasteiger partial charge in [0.05, 0.1) is 18.9 Å². The van der Waals surface area contributed by atoms with Gasteiger partial charge in [-0.15, -0.1) is 6.42 Å². The average Bonchev–Trinajstić information content (AvgIpc) is 3.13. The molecule has 2 rings (SSSR count). The Morgan fingerprint density at radius 2 is 2.25 bits per heavy atom. The number of anilines is 1. The quantitative estimate of drug-likeness (QED) is 0.704. The van der Waals surface area contributed by atoms with E-state index in [1.165, 1.54) is 19.0 Å². The molecule has 0 atom stereocenters. The van der Waals surface area contributed by atoms with E-state index in [2.05, 4.69) is 15.9 Å². The molecule has 0 saturated heterocycles. The molecule has 1 aliphatic carbocycles. The summed E-state index contributed by atoms with van der Waals surface area (Å²) in [5.41, 5.74) is 0.329. The summed E-state index contributed by atoms with van der Waals surface area (Å²) in [5.74, 6) is 4.12. The molecule has 1 aliphatic rings. The van der Waals surface area contributed by atoms with Crippen molar-refractivity contribution in [3.8, 4) is 18.4 Å². The number of nitriles is 1. The van der Waals surface area contributed by atoms with Crippen LogP contribution in [0.25, 0.3) is 0 Å². The lowest BCUT2D eigenvalue weighted by Gasteiger charge is -2.20. The fraction of sp³-hybridized carbons (Fsp3) is 0.417. The molecule has 1 heterocycles. The van der Waals surface area contributed by atoms with Crippen molar-refractivity contribution in [2.45, 2.75) is 12.8 Å². The van der Waals surface area contributed by atoms with Crippen molar-refractivity contribution in [2.75, 3.05) is 18.0 Å². The summed E-state index contributed by atoms with van der Waals surface area (Å²) in [6.45, 7) is 1.47. The lowest BCUT2D eigenvalue weighted by molar-refractivity contribution is 0.752. The number of rotatable bonds is 4. The second kappa shape index (κ2) is 4.63. The molecule has 1 fully saturated rings. The van der Waals surface area contributed by atoms with Crippen LogP contribution in [0.1, 0.15) is 18.5 Å². The van der Waals surface area contributed by atoms with E-state index >= 15 is 0 Å². The SMILES string of the molecule is C#CCN(CC1CC1)c1cnc(C#N)cn1. The van der Waals surface area contributed by atoms with Gasteiger partial charge in [0.15, 0.2) is 5.69 Å². The van der Waals surface area contributed by atoms with E-state index in [-0.39, 0.29) is 0 Å². The van der Waals surface area contributed by atoms with Gasteiger partial charge in [0.2, 0.25) is 0 Å². The Hall–Kier alpha value is -2.07. The normalized spacial score (nSPS) is 13.9. The van der Waals surface area contributed by atoms with Gasteiger partial charge in [0.25, 0.3) is 0 Å². The van der Waals surface area contributed by atoms with E-state index in [0.717, 1.165) is 18.3 Å². The van der Waals surface area contributed by atoms with Gasteiger partial charge in [-0.05, 0) is 18.8 Å². The molecule has 0 spiro atoms. The van der Waals surface area contributed by atoms with Gasteiger partial charge in [0, 0.05) is 6.54 Å². The van der Waals surface area contributed by atoms with Gasteiger partial charge in [-0.1, -0.05) is 5.92 Å².